The van der Waals surface area contributed by atoms with Crippen LogP contribution in [0.25, 0.3) is 0 Å². The number of ether oxygens (including phenoxy) is 1. The molecular weight excluding hydrogens is 314 g/mol. The summed E-state index contributed by atoms with van der Waals surface area (Å²) in [6, 6.07) is 4.08. The van der Waals surface area contributed by atoms with E-state index >= 15 is 0 Å². The van der Waals surface area contributed by atoms with E-state index < -0.39 is 5.60 Å². The van der Waals surface area contributed by atoms with Crippen molar-refractivity contribution in [2.24, 2.45) is 0 Å². The number of hydrogen-bond acceptors (Lipinski definition) is 4. The van der Waals surface area contributed by atoms with E-state index in [9.17, 15) is 4.79 Å². The highest BCUT2D eigenvalue weighted by atomic mass is 32.2. The highest BCUT2D eigenvalue weighted by molar-refractivity contribution is 8.00. The van der Waals surface area contributed by atoms with Gasteiger partial charge in [0.25, 0.3) is 0 Å². The molecule has 0 spiro atoms. The van der Waals surface area contributed by atoms with Crippen molar-refractivity contribution in [3.8, 4) is 0 Å². The first-order valence-corrected chi connectivity index (χ1v) is 10.1. The van der Waals surface area contributed by atoms with Gasteiger partial charge >= 0.3 is 6.09 Å². The molecule has 22 heavy (non-hydrogen) atoms. The lowest BCUT2D eigenvalue weighted by Crippen LogP contribution is -2.27. The molecule has 0 aliphatic carbocycles. The van der Waals surface area contributed by atoms with Crippen LogP contribution in [0.5, 0.6) is 0 Å². The Morgan fingerprint density at radius 1 is 1.05 bits per heavy atom. The van der Waals surface area contributed by atoms with Gasteiger partial charge in [-0.2, -0.15) is 0 Å². The Kier molecular flexibility index (Phi) is 8.47. The van der Waals surface area contributed by atoms with Gasteiger partial charge in [-0.05, 0) is 57.3 Å². The van der Waals surface area contributed by atoms with Gasteiger partial charge in [-0.3, -0.25) is 0 Å². The maximum Gasteiger partial charge on any atom is 0.420 e. The van der Waals surface area contributed by atoms with E-state index in [1.54, 1.807) is 28.1 Å². The monoisotopic (exact) mass is 343 g/mol. The minimum Gasteiger partial charge on any atom is -0.443 e. The molecule has 0 saturated carbocycles. The lowest BCUT2D eigenvalue weighted by molar-refractivity contribution is 0.0509. The van der Waals surface area contributed by atoms with E-state index in [1.807, 2.05) is 32.9 Å². The SMILES string of the molecule is CCCCSc1ccc(SCCCC)n1C(=O)OC(C)(C)C. The third kappa shape index (κ3) is 6.69. The summed E-state index contributed by atoms with van der Waals surface area (Å²) in [5.74, 6) is 2.06. The summed E-state index contributed by atoms with van der Waals surface area (Å²) in [6.45, 7) is 10.1. The minimum absolute atomic E-state index is 0.268. The number of aromatic nitrogens is 1. The predicted molar refractivity (Wildman–Crippen MR) is 97.3 cm³/mol. The fourth-order valence-electron chi connectivity index (χ4n) is 1.76. The highest BCUT2D eigenvalue weighted by Gasteiger charge is 2.22. The van der Waals surface area contributed by atoms with Crippen LogP contribution in [0, 0.1) is 0 Å². The maximum absolute atomic E-state index is 12.5. The summed E-state index contributed by atoms with van der Waals surface area (Å²) >= 11 is 3.47. The zero-order chi connectivity index (χ0) is 16.6. The number of unbranched alkanes of at least 4 members (excludes halogenated alkanes) is 2. The summed E-state index contributed by atoms with van der Waals surface area (Å²) in [7, 11) is 0. The Labute approximate surface area is 143 Å². The Hall–Kier alpha value is -0.550. The van der Waals surface area contributed by atoms with Gasteiger partial charge in [0.1, 0.15) is 5.60 Å². The molecule has 1 aromatic heterocycles. The second-order valence-corrected chi connectivity index (χ2v) is 8.46. The highest BCUT2D eigenvalue weighted by Crippen LogP contribution is 2.30. The molecule has 0 unspecified atom stereocenters. The van der Waals surface area contributed by atoms with Crippen molar-refractivity contribution in [3.63, 3.8) is 0 Å². The third-order valence-electron chi connectivity index (χ3n) is 2.88. The van der Waals surface area contributed by atoms with Crippen molar-refractivity contribution in [3.05, 3.63) is 12.1 Å². The van der Waals surface area contributed by atoms with Gasteiger partial charge in [0.05, 0.1) is 10.1 Å². The van der Waals surface area contributed by atoms with Crippen LogP contribution in [-0.4, -0.2) is 27.8 Å². The number of carbonyl (C=O) groups is 1. The van der Waals surface area contributed by atoms with Gasteiger partial charge in [0.2, 0.25) is 0 Å². The molecule has 0 saturated heterocycles. The number of hydrogen-bond donors (Lipinski definition) is 0. The predicted octanol–water partition coefficient (Wildman–Crippen LogP) is 6.06. The van der Waals surface area contributed by atoms with Crippen molar-refractivity contribution >= 4 is 29.6 Å². The van der Waals surface area contributed by atoms with Crippen LogP contribution >= 0.6 is 23.5 Å². The normalized spacial score (nSPS) is 11.7. The standard InChI is InChI=1S/C17H29NO2S2/c1-6-8-12-21-14-10-11-15(22-13-9-7-2)18(14)16(19)20-17(3,4)5/h10-11H,6-9,12-13H2,1-5H3. The molecule has 0 aliphatic rings. The molecule has 1 rings (SSSR count). The van der Waals surface area contributed by atoms with Crippen molar-refractivity contribution in [2.75, 3.05) is 11.5 Å². The smallest absolute Gasteiger partial charge is 0.420 e. The molecule has 0 aliphatic heterocycles. The Morgan fingerprint density at radius 2 is 1.50 bits per heavy atom. The third-order valence-corrected chi connectivity index (χ3v) is 5.10. The average Bonchev–Trinajstić information content (AvgIpc) is 2.81. The van der Waals surface area contributed by atoms with Crippen molar-refractivity contribution in [1.29, 1.82) is 0 Å². The second kappa shape index (κ2) is 9.56. The summed E-state index contributed by atoms with van der Waals surface area (Å²) in [6.07, 6.45) is 4.37. The molecule has 1 aromatic rings. The van der Waals surface area contributed by atoms with Crippen LogP contribution in [0.15, 0.2) is 22.2 Å². The van der Waals surface area contributed by atoms with E-state index in [1.165, 1.54) is 0 Å². The molecule has 0 atom stereocenters. The largest absolute Gasteiger partial charge is 0.443 e. The molecule has 0 fully saturated rings. The summed E-state index contributed by atoms with van der Waals surface area (Å²) in [5.41, 5.74) is -0.474. The average molecular weight is 344 g/mol. The molecule has 3 nitrogen and oxygen atoms in total. The van der Waals surface area contributed by atoms with Gasteiger partial charge in [0, 0.05) is 0 Å². The fraction of sp³-hybridized carbons (Fsp3) is 0.706. The quantitative estimate of drug-likeness (QED) is 0.424. The van der Waals surface area contributed by atoms with Crippen LogP contribution in [0.2, 0.25) is 0 Å². The minimum atomic E-state index is -0.474. The van der Waals surface area contributed by atoms with Gasteiger partial charge in [-0.1, -0.05) is 26.7 Å². The summed E-state index contributed by atoms with van der Waals surface area (Å²) in [5, 5.41) is 1.98. The molecule has 0 aromatic carbocycles. The number of carbonyl (C=O) groups excluding carboxylic acids is 1. The first-order chi connectivity index (χ1) is 10.4. The Morgan fingerprint density at radius 3 is 1.86 bits per heavy atom. The lowest BCUT2D eigenvalue weighted by atomic mass is 10.2. The number of rotatable bonds is 8. The zero-order valence-electron chi connectivity index (χ0n) is 14.5. The van der Waals surface area contributed by atoms with Gasteiger partial charge in [-0.25, -0.2) is 9.36 Å². The molecular formula is C17H29NO2S2. The molecule has 0 amide bonds. The van der Waals surface area contributed by atoms with Gasteiger partial charge in [0.15, 0.2) is 0 Å². The van der Waals surface area contributed by atoms with Gasteiger partial charge < -0.3 is 4.74 Å². The molecule has 1 heterocycles. The first kappa shape index (κ1) is 19.5. The van der Waals surface area contributed by atoms with Crippen LogP contribution in [0.3, 0.4) is 0 Å². The van der Waals surface area contributed by atoms with Crippen LogP contribution in [-0.2, 0) is 4.74 Å². The van der Waals surface area contributed by atoms with Crippen molar-refractivity contribution in [2.45, 2.75) is 76.0 Å². The number of nitrogens with zero attached hydrogens (tertiary/aromatic N) is 1. The lowest BCUT2D eigenvalue weighted by Gasteiger charge is -2.21. The molecule has 126 valence electrons. The first-order valence-electron chi connectivity index (χ1n) is 8.09. The summed E-state index contributed by atoms with van der Waals surface area (Å²) in [4.78, 5) is 12.5. The van der Waals surface area contributed by atoms with Gasteiger partial charge in [-0.15, -0.1) is 23.5 Å². The molecule has 5 heteroatoms. The molecule has 0 bridgehead atoms. The molecule has 0 radical (unpaired) electrons. The van der Waals surface area contributed by atoms with Crippen LogP contribution in [0.4, 0.5) is 4.79 Å². The molecule has 0 N–H and O–H groups in total. The van der Waals surface area contributed by atoms with E-state index in [2.05, 4.69) is 13.8 Å². The van der Waals surface area contributed by atoms with Crippen LogP contribution in [0.1, 0.15) is 60.3 Å². The Balaban J connectivity index is 2.89. The maximum atomic E-state index is 12.5. The van der Waals surface area contributed by atoms with Crippen molar-refractivity contribution < 1.29 is 9.53 Å². The second-order valence-electron chi connectivity index (χ2n) is 6.23. The van der Waals surface area contributed by atoms with E-state index in [-0.39, 0.29) is 6.09 Å². The van der Waals surface area contributed by atoms with Crippen LogP contribution < -0.4 is 0 Å². The van der Waals surface area contributed by atoms with E-state index in [4.69, 9.17) is 4.74 Å². The zero-order valence-corrected chi connectivity index (χ0v) is 16.1. The fourth-order valence-corrected chi connectivity index (χ4v) is 4.03. The Bertz CT molecular complexity index is 436. The summed E-state index contributed by atoms with van der Waals surface area (Å²) < 4.78 is 7.32. The van der Waals surface area contributed by atoms with Crippen molar-refractivity contribution in [1.82, 2.24) is 4.57 Å². The topological polar surface area (TPSA) is 31.2 Å². The van der Waals surface area contributed by atoms with E-state index in [0.717, 1.165) is 47.2 Å². The van der Waals surface area contributed by atoms with E-state index in [0.29, 0.717) is 0 Å². The number of thioether (sulfide) groups is 2.